The predicted octanol–water partition coefficient (Wildman–Crippen LogP) is 2.12. The van der Waals surface area contributed by atoms with Crippen molar-refractivity contribution in [1.82, 2.24) is 5.32 Å². The van der Waals surface area contributed by atoms with Crippen molar-refractivity contribution in [3.63, 3.8) is 0 Å². The number of alkyl halides is 1. The number of rotatable bonds is 6. The summed E-state index contributed by atoms with van der Waals surface area (Å²) in [5.41, 5.74) is 0. The van der Waals surface area contributed by atoms with Gasteiger partial charge >= 0.3 is 0 Å². The first-order chi connectivity index (χ1) is 4.85. The molecule has 0 aromatic heterocycles. The van der Waals surface area contributed by atoms with Crippen LogP contribution < -0.4 is 5.32 Å². The van der Waals surface area contributed by atoms with Gasteiger partial charge in [-0.15, -0.1) is 0 Å². The van der Waals surface area contributed by atoms with Gasteiger partial charge < -0.3 is 5.32 Å². The van der Waals surface area contributed by atoms with Crippen molar-refractivity contribution < 1.29 is 4.39 Å². The highest BCUT2D eigenvalue weighted by molar-refractivity contribution is 4.61. The SMILES string of the molecule is CCC(CC)NCCCF. The van der Waals surface area contributed by atoms with E-state index in [2.05, 4.69) is 19.2 Å². The van der Waals surface area contributed by atoms with Gasteiger partial charge in [0.2, 0.25) is 0 Å². The lowest BCUT2D eigenvalue weighted by molar-refractivity contribution is 0.425. The number of hydrogen-bond donors (Lipinski definition) is 1. The molecule has 0 spiro atoms. The highest BCUT2D eigenvalue weighted by atomic mass is 19.1. The molecule has 62 valence electrons. The maximum atomic E-state index is 11.6. The van der Waals surface area contributed by atoms with Crippen molar-refractivity contribution >= 4 is 0 Å². The van der Waals surface area contributed by atoms with Crippen molar-refractivity contribution in [3.05, 3.63) is 0 Å². The lowest BCUT2D eigenvalue weighted by Crippen LogP contribution is -2.28. The van der Waals surface area contributed by atoms with Crippen LogP contribution in [0.5, 0.6) is 0 Å². The fraction of sp³-hybridized carbons (Fsp3) is 1.00. The van der Waals surface area contributed by atoms with Gasteiger partial charge in [0.05, 0.1) is 6.67 Å². The van der Waals surface area contributed by atoms with Crippen LogP contribution in [-0.4, -0.2) is 19.3 Å². The summed E-state index contributed by atoms with van der Waals surface area (Å²) in [6.07, 6.45) is 2.93. The predicted molar refractivity (Wildman–Crippen MR) is 43.0 cm³/mol. The van der Waals surface area contributed by atoms with Crippen LogP contribution in [0.2, 0.25) is 0 Å². The van der Waals surface area contributed by atoms with E-state index >= 15 is 0 Å². The highest BCUT2D eigenvalue weighted by Crippen LogP contribution is 1.95. The molecule has 1 N–H and O–H groups in total. The first kappa shape index (κ1) is 9.89. The maximum Gasteiger partial charge on any atom is 0.0906 e. The summed E-state index contributed by atoms with van der Waals surface area (Å²) in [5, 5.41) is 3.28. The van der Waals surface area contributed by atoms with Crippen LogP contribution in [0, 0.1) is 0 Å². The Balaban J connectivity index is 3.09. The average Bonchev–Trinajstić information content (AvgIpc) is 1.99. The Kier molecular flexibility index (Phi) is 6.93. The van der Waals surface area contributed by atoms with Crippen molar-refractivity contribution in [3.8, 4) is 0 Å². The third-order valence-corrected chi connectivity index (χ3v) is 1.73. The topological polar surface area (TPSA) is 12.0 Å². The average molecular weight is 147 g/mol. The van der Waals surface area contributed by atoms with Crippen molar-refractivity contribution in [2.45, 2.75) is 39.2 Å². The third-order valence-electron chi connectivity index (χ3n) is 1.73. The zero-order valence-corrected chi connectivity index (χ0v) is 6.99. The molecule has 0 heterocycles. The quantitative estimate of drug-likeness (QED) is 0.567. The summed E-state index contributed by atoms with van der Waals surface area (Å²) in [6, 6.07) is 0.589. The summed E-state index contributed by atoms with van der Waals surface area (Å²) in [4.78, 5) is 0. The molecule has 0 bridgehead atoms. The molecule has 0 aliphatic heterocycles. The fourth-order valence-electron chi connectivity index (χ4n) is 0.950. The summed E-state index contributed by atoms with van der Waals surface area (Å²) in [5.74, 6) is 0. The van der Waals surface area contributed by atoms with Gasteiger partial charge in [-0.25, -0.2) is 0 Å². The van der Waals surface area contributed by atoms with E-state index in [1.54, 1.807) is 0 Å². The molecule has 2 heteroatoms. The van der Waals surface area contributed by atoms with Gasteiger partial charge in [-0.2, -0.15) is 0 Å². The highest BCUT2D eigenvalue weighted by Gasteiger charge is 1.99. The molecule has 0 aliphatic rings. The minimum Gasteiger partial charge on any atom is -0.314 e. The second-order valence-electron chi connectivity index (χ2n) is 2.51. The van der Waals surface area contributed by atoms with Crippen molar-refractivity contribution in [1.29, 1.82) is 0 Å². The van der Waals surface area contributed by atoms with Gasteiger partial charge in [0.15, 0.2) is 0 Å². The first-order valence-corrected chi connectivity index (χ1v) is 4.14. The molecule has 0 fully saturated rings. The van der Waals surface area contributed by atoms with Crippen LogP contribution in [0.15, 0.2) is 0 Å². The van der Waals surface area contributed by atoms with E-state index in [0.29, 0.717) is 12.5 Å². The van der Waals surface area contributed by atoms with E-state index in [0.717, 1.165) is 19.4 Å². The number of halogens is 1. The largest absolute Gasteiger partial charge is 0.314 e. The summed E-state index contributed by atoms with van der Waals surface area (Å²) in [6.45, 7) is 4.92. The molecule has 0 saturated carbocycles. The van der Waals surface area contributed by atoms with Crippen LogP contribution in [0.25, 0.3) is 0 Å². The molecule has 0 aromatic carbocycles. The number of hydrogen-bond acceptors (Lipinski definition) is 1. The van der Waals surface area contributed by atoms with Crippen LogP contribution in [0.3, 0.4) is 0 Å². The van der Waals surface area contributed by atoms with E-state index in [4.69, 9.17) is 0 Å². The Bertz CT molecular complexity index is 62.3. The third kappa shape index (κ3) is 4.74. The van der Waals surface area contributed by atoms with Crippen LogP contribution in [0.4, 0.5) is 4.39 Å². The van der Waals surface area contributed by atoms with Gasteiger partial charge in [0.25, 0.3) is 0 Å². The zero-order valence-electron chi connectivity index (χ0n) is 6.99. The van der Waals surface area contributed by atoms with Crippen molar-refractivity contribution in [2.75, 3.05) is 13.2 Å². The second-order valence-corrected chi connectivity index (χ2v) is 2.51. The second kappa shape index (κ2) is 7.00. The summed E-state index contributed by atoms with van der Waals surface area (Å²) >= 11 is 0. The molecule has 0 amide bonds. The summed E-state index contributed by atoms with van der Waals surface area (Å²) < 4.78 is 11.6. The monoisotopic (exact) mass is 147 g/mol. The van der Waals surface area contributed by atoms with Gasteiger partial charge in [-0.05, 0) is 25.8 Å². The molecule has 0 rings (SSSR count). The van der Waals surface area contributed by atoms with E-state index in [1.807, 2.05) is 0 Å². The molecular formula is C8H18FN. The Morgan fingerprint density at radius 2 is 1.90 bits per heavy atom. The molecular weight excluding hydrogens is 129 g/mol. The maximum absolute atomic E-state index is 11.6. The molecule has 1 nitrogen and oxygen atoms in total. The molecule has 0 aromatic rings. The van der Waals surface area contributed by atoms with E-state index in [-0.39, 0.29) is 6.67 Å². The minimum absolute atomic E-state index is 0.201. The molecule has 0 aliphatic carbocycles. The van der Waals surface area contributed by atoms with Gasteiger partial charge in [-0.1, -0.05) is 13.8 Å². The molecule has 0 atom stereocenters. The summed E-state index contributed by atoms with van der Waals surface area (Å²) in [7, 11) is 0. The minimum atomic E-state index is -0.201. The molecule has 0 radical (unpaired) electrons. The van der Waals surface area contributed by atoms with Gasteiger partial charge in [-0.3, -0.25) is 4.39 Å². The van der Waals surface area contributed by atoms with Crippen LogP contribution >= 0.6 is 0 Å². The number of nitrogens with one attached hydrogen (secondary N) is 1. The molecule has 10 heavy (non-hydrogen) atoms. The lowest BCUT2D eigenvalue weighted by atomic mass is 10.2. The Hall–Kier alpha value is -0.110. The van der Waals surface area contributed by atoms with Gasteiger partial charge in [0.1, 0.15) is 0 Å². The van der Waals surface area contributed by atoms with Crippen LogP contribution in [0.1, 0.15) is 33.1 Å². The van der Waals surface area contributed by atoms with E-state index in [1.165, 1.54) is 0 Å². The molecule has 0 unspecified atom stereocenters. The Morgan fingerprint density at radius 3 is 2.30 bits per heavy atom. The van der Waals surface area contributed by atoms with Crippen LogP contribution in [-0.2, 0) is 0 Å². The van der Waals surface area contributed by atoms with E-state index in [9.17, 15) is 4.39 Å². The van der Waals surface area contributed by atoms with E-state index < -0.39 is 0 Å². The Labute approximate surface area is 63.0 Å². The van der Waals surface area contributed by atoms with Crippen molar-refractivity contribution in [2.24, 2.45) is 0 Å². The normalized spacial score (nSPS) is 10.8. The standard InChI is InChI=1S/C8H18FN/c1-3-8(4-2)10-7-5-6-9/h8,10H,3-7H2,1-2H3. The zero-order chi connectivity index (χ0) is 7.82. The Morgan fingerprint density at radius 1 is 1.30 bits per heavy atom. The first-order valence-electron chi connectivity index (χ1n) is 4.14. The lowest BCUT2D eigenvalue weighted by Gasteiger charge is -2.13. The smallest absolute Gasteiger partial charge is 0.0906 e. The molecule has 0 saturated heterocycles. The van der Waals surface area contributed by atoms with Gasteiger partial charge in [0, 0.05) is 6.04 Å². The fourth-order valence-corrected chi connectivity index (χ4v) is 0.950.